The minimum absolute atomic E-state index is 0.107. The smallest absolute Gasteiger partial charge is 0.255 e. The molecule has 144 valence electrons. The number of aromatic nitrogens is 2. The summed E-state index contributed by atoms with van der Waals surface area (Å²) in [4.78, 5) is 12.9. The van der Waals surface area contributed by atoms with Crippen LogP contribution in [-0.4, -0.2) is 29.3 Å². The van der Waals surface area contributed by atoms with Crippen molar-refractivity contribution in [3.05, 3.63) is 83.2 Å². The predicted molar refractivity (Wildman–Crippen MR) is 109 cm³/mol. The lowest BCUT2D eigenvalue weighted by Gasteiger charge is -2.37. The number of hydrogen-bond donors (Lipinski definition) is 1. The van der Waals surface area contributed by atoms with Crippen molar-refractivity contribution < 1.29 is 9.53 Å². The van der Waals surface area contributed by atoms with Crippen molar-refractivity contribution in [1.82, 2.24) is 15.1 Å². The van der Waals surface area contributed by atoms with Crippen LogP contribution in [0.25, 0.3) is 0 Å². The van der Waals surface area contributed by atoms with Gasteiger partial charge in [0.1, 0.15) is 5.75 Å². The third-order valence-corrected chi connectivity index (χ3v) is 5.69. The van der Waals surface area contributed by atoms with E-state index in [0.717, 1.165) is 19.3 Å². The molecule has 1 atom stereocenters. The molecule has 0 saturated heterocycles. The quantitative estimate of drug-likeness (QED) is 0.745. The molecule has 0 spiro atoms. The monoisotopic (exact) mass is 375 g/mol. The van der Waals surface area contributed by atoms with E-state index in [9.17, 15) is 4.79 Å². The van der Waals surface area contributed by atoms with Crippen molar-refractivity contribution in [2.75, 3.05) is 13.7 Å². The number of carbonyl (C=O) groups is 1. The number of nitrogens with one attached hydrogen (secondary N) is 1. The number of nitrogens with zero attached hydrogens (tertiary/aromatic N) is 2. The van der Waals surface area contributed by atoms with Gasteiger partial charge in [-0.2, -0.15) is 5.10 Å². The highest BCUT2D eigenvalue weighted by molar-refractivity contribution is 5.97. The summed E-state index contributed by atoms with van der Waals surface area (Å²) in [7, 11) is 3.55. The fourth-order valence-electron chi connectivity index (χ4n) is 4.22. The second-order valence-corrected chi connectivity index (χ2v) is 7.48. The Labute approximate surface area is 165 Å². The summed E-state index contributed by atoms with van der Waals surface area (Å²) in [6, 6.07) is 17.8. The number of ether oxygens (including phenoxy) is 1. The zero-order chi connectivity index (χ0) is 19.6. The first-order valence-corrected chi connectivity index (χ1v) is 9.59. The molecule has 0 bridgehead atoms. The number of rotatable bonds is 5. The van der Waals surface area contributed by atoms with Gasteiger partial charge in [-0.15, -0.1) is 0 Å². The Morgan fingerprint density at radius 3 is 2.71 bits per heavy atom. The van der Waals surface area contributed by atoms with Crippen molar-refractivity contribution >= 4 is 5.91 Å². The third-order valence-electron chi connectivity index (χ3n) is 5.69. The fraction of sp³-hybridized carbons (Fsp3) is 0.304. The molecule has 4 rings (SSSR count). The molecule has 1 aliphatic carbocycles. The highest BCUT2D eigenvalue weighted by atomic mass is 16.5. The summed E-state index contributed by atoms with van der Waals surface area (Å²) >= 11 is 0. The Morgan fingerprint density at radius 2 is 1.93 bits per heavy atom. The van der Waals surface area contributed by atoms with Crippen LogP contribution in [0.5, 0.6) is 5.75 Å². The van der Waals surface area contributed by atoms with Gasteiger partial charge in [0.2, 0.25) is 0 Å². The molecule has 0 saturated carbocycles. The van der Waals surface area contributed by atoms with E-state index in [2.05, 4.69) is 40.9 Å². The lowest BCUT2D eigenvalue weighted by atomic mass is 9.69. The number of fused-ring (bicyclic) bond motifs is 1. The normalized spacial score (nSPS) is 18.4. The van der Waals surface area contributed by atoms with Crippen LogP contribution in [-0.2, 0) is 25.3 Å². The summed E-state index contributed by atoms with van der Waals surface area (Å²) in [5.41, 5.74) is 4.11. The molecule has 1 aromatic heterocycles. The molecule has 5 nitrogen and oxygen atoms in total. The topological polar surface area (TPSA) is 56.1 Å². The van der Waals surface area contributed by atoms with Gasteiger partial charge in [-0.1, -0.05) is 42.5 Å². The lowest BCUT2D eigenvalue weighted by molar-refractivity contribution is 0.0937. The number of hydrogen-bond acceptors (Lipinski definition) is 3. The van der Waals surface area contributed by atoms with Gasteiger partial charge in [-0.3, -0.25) is 9.48 Å². The molecule has 1 aliphatic rings. The summed E-state index contributed by atoms with van der Waals surface area (Å²) in [5.74, 6) is 0.483. The average Bonchev–Trinajstić information content (AvgIpc) is 3.11. The number of aryl methyl sites for hydroxylation is 2. The van der Waals surface area contributed by atoms with Crippen LogP contribution in [0.4, 0.5) is 0 Å². The van der Waals surface area contributed by atoms with Gasteiger partial charge in [0.15, 0.2) is 0 Å². The van der Waals surface area contributed by atoms with E-state index in [1.54, 1.807) is 13.2 Å². The molecule has 1 unspecified atom stereocenters. The standard InChI is InChI=1S/C23H25N3O2/c1-26-15-17-14-23(13-12-20(17)25-26,18-8-4-3-5-9-18)16-24-22(27)19-10-6-7-11-21(19)28-2/h3-11,15H,12-14,16H2,1-2H3,(H,24,27). The van der Waals surface area contributed by atoms with Gasteiger partial charge in [0.25, 0.3) is 5.91 Å². The van der Waals surface area contributed by atoms with Gasteiger partial charge in [-0.25, -0.2) is 0 Å². The highest BCUT2D eigenvalue weighted by Gasteiger charge is 2.37. The molecule has 5 heteroatoms. The second kappa shape index (κ2) is 7.50. The maximum Gasteiger partial charge on any atom is 0.255 e. The van der Waals surface area contributed by atoms with Gasteiger partial charge in [0.05, 0.1) is 18.4 Å². The Bertz CT molecular complexity index is 981. The summed E-state index contributed by atoms with van der Waals surface area (Å²) in [5, 5.41) is 7.76. The Balaban J connectivity index is 1.62. The minimum Gasteiger partial charge on any atom is -0.496 e. The molecular formula is C23H25N3O2. The van der Waals surface area contributed by atoms with Crippen LogP contribution >= 0.6 is 0 Å². The van der Waals surface area contributed by atoms with Crippen LogP contribution < -0.4 is 10.1 Å². The molecular weight excluding hydrogens is 350 g/mol. The molecule has 3 aromatic rings. The molecule has 2 aromatic carbocycles. The molecule has 1 N–H and O–H groups in total. The first-order valence-electron chi connectivity index (χ1n) is 9.59. The fourth-order valence-corrected chi connectivity index (χ4v) is 4.22. The van der Waals surface area contributed by atoms with E-state index in [4.69, 9.17) is 4.74 Å². The van der Waals surface area contributed by atoms with Crippen molar-refractivity contribution in [2.45, 2.75) is 24.7 Å². The average molecular weight is 375 g/mol. The maximum absolute atomic E-state index is 12.9. The van der Waals surface area contributed by atoms with Crippen molar-refractivity contribution in [3.8, 4) is 5.75 Å². The Hall–Kier alpha value is -3.08. The van der Waals surface area contributed by atoms with E-state index >= 15 is 0 Å². The Kier molecular flexibility index (Phi) is 4.90. The summed E-state index contributed by atoms with van der Waals surface area (Å²) < 4.78 is 7.23. The molecule has 0 aliphatic heterocycles. The lowest BCUT2D eigenvalue weighted by Crippen LogP contribution is -2.44. The third kappa shape index (κ3) is 3.40. The van der Waals surface area contributed by atoms with Gasteiger partial charge in [-0.05, 0) is 42.5 Å². The van der Waals surface area contributed by atoms with Crippen LogP contribution in [0.3, 0.4) is 0 Å². The number of amides is 1. The predicted octanol–water partition coefficient (Wildman–Crippen LogP) is 3.29. The summed E-state index contributed by atoms with van der Waals surface area (Å²) in [6.07, 6.45) is 4.84. The number of benzene rings is 2. The second-order valence-electron chi connectivity index (χ2n) is 7.48. The Morgan fingerprint density at radius 1 is 1.18 bits per heavy atom. The molecule has 1 heterocycles. The van der Waals surface area contributed by atoms with E-state index in [1.165, 1.54) is 16.8 Å². The van der Waals surface area contributed by atoms with Gasteiger partial charge in [0, 0.05) is 25.2 Å². The van der Waals surface area contributed by atoms with Crippen LogP contribution in [0.1, 0.15) is 33.6 Å². The van der Waals surface area contributed by atoms with E-state index < -0.39 is 0 Å². The van der Waals surface area contributed by atoms with Crippen molar-refractivity contribution in [3.63, 3.8) is 0 Å². The van der Waals surface area contributed by atoms with E-state index in [0.29, 0.717) is 17.9 Å². The van der Waals surface area contributed by atoms with Crippen LogP contribution in [0.2, 0.25) is 0 Å². The number of methoxy groups -OCH3 is 1. The molecule has 0 fully saturated rings. The SMILES string of the molecule is COc1ccccc1C(=O)NCC1(c2ccccc2)CCc2nn(C)cc2C1. The van der Waals surface area contributed by atoms with E-state index in [1.807, 2.05) is 36.0 Å². The first kappa shape index (κ1) is 18.3. The highest BCUT2D eigenvalue weighted by Crippen LogP contribution is 2.38. The minimum atomic E-state index is -0.144. The molecule has 28 heavy (non-hydrogen) atoms. The summed E-state index contributed by atoms with van der Waals surface area (Å²) in [6.45, 7) is 0.572. The van der Waals surface area contributed by atoms with Gasteiger partial charge >= 0.3 is 0 Å². The van der Waals surface area contributed by atoms with Crippen LogP contribution in [0, 0.1) is 0 Å². The first-order chi connectivity index (χ1) is 13.6. The number of para-hydroxylation sites is 1. The van der Waals surface area contributed by atoms with Crippen molar-refractivity contribution in [2.24, 2.45) is 7.05 Å². The number of carbonyl (C=O) groups excluding carboxylic acids is 1. The maximum atomic E-state index is 12.9. The van der Waals surface area contributed by atoms with Gasteiger partial charge < -0.3 is 10.1 Å². The zero-order valence-corrected chi connectivity index (χ0v) is 16.3. The largest absolute Gasteiger partial charge is 0.496 e. The van der Waals surface area contributed by atoms with Crippen LogP contribution in [0.15, 0.2) is 60.8 Å². The van der Waals surface area contributed by atoms with E-state index in [-0.39, 0.29) is 11.3 Å². The zero-order valence-electron chi connectivity index (χ0n) is 16.3. The molecule has 1 amide bonds. The van der Waals surface area contributed by atoms with Crippen molar-refractivity contribution in [1.29, 1.82) is 0 Å². The molecule has 0 radical (unpaired) electrons.